The second-order valence-electron chi connectivity index (χ2n) is 7.79. The summed E-state index contributed by atoms with van der Waals surface area (Å²) in [6.07, 6.45) is 1.27. The molecule has 0 aliphatic carbocycles. The van der Waals surface area contributed by atoms with Crippen molar-refractivity contribution in [3.8, 4) is 11.5 Å². The fraction of sp³-hybridized carbons (Fsp3) is 0.0769. The molecular weight excluding hydrogens is 557 g/mol. The van der Waals surface area contributed by atoms with Crippen LogP contribution >= 0.6 is 34.8 Å². The largest absolute Gasteiger partial charge is 0.493 e. The Bertz CT molecular complexity index is 1480. The summed E-state index contributed by atoms with van der Waals surface area (Å²) in [4.78, 5) is 51.1. The van der Waals surface area contributed by atoms with Gasteiger partial charge in [-0.2, -0.15) is 0 Å². The molecule has 1 heterocycles. The van der Waals surface area contributed by atoms with E-state index in [1.54, 1.807) is 42.5 Å². The first-order valence-electron chi connectivity index (χ1n) is 10.9. The fourth-order valence-electron chi connectivity index (χ4n) is 3.51. The van der Waals surface area contributed by atoms with Gasteiger partial charge in [0.2, 0.25) is 0 Å². The highest BCUT2D eigenvalue weighted by molar-refractivity contribution is 6.42. The van der Waals surface area contributed by atoms with Gasteiger partial charge >= 0.3 is 6.03 Å². The Labute approximate surface area is 231 Å². The van der Waals surface area contributed by atoms with E-state index in [4.69, 9.17) is 44.3 Å². The van der Waals surface area contributed by atoms with E-state index in [2.05, 4.69) is 10.6 Å². The summed E-state index contributed by atoms with van der Waals surface area (Å²) in [5, 5.41) is 5.45. The third kappa shape index (κ3) is 5.91. The lowest BCUT2D eigenvalue weighted by molar-refractivity contribution is -0.122. The van der Waals surface area contributed by atoms with Gasteiger partial charge in [0.05, 0.1) is 27.9 Å². The lowest BCUT2D eigenvalue weighted by atomic mass is 10.1. The van der Waals surface area contributed by atoms with Gasteiger partial charge in [-0.05, 0) is 54.1 Å². The van der Waals surface area contributed by atoms with Gasteiger partial charge in [0.15, 0.2) is 18.1 Å². The first kappa shape index (κ1) is 27.0. The first-order valence-corrected chi connectivity index (χ1v) is 12.0. The molecule has 3 aromatic rings. The number of benzene rings is 3. The minimum absolute atomic E-state index is 0.0539. The van der Waals surface area contributed by atoms with E-state index in [1.165, 1.54) is 31.4 Å². The van der Waals surface area contributed by atoms with Gasteiger partial charge in [-0.1, -0.05) is 53.0 Å². The van der Waals surface area contributed by atoms with Crippen LogP contribution in [0.2, 0.25) is 15.1 Å². The zero-order chi connectivity index (χ0) is 27.4. The quantitative estimate of drug-likeness (QED) is 0.291. The Morgan fingerprint density at radius 3 is 2.39 bits per heavy atom. The van der Waals surface area contributed by atoms with Crippen LogP contribution in [0.25, 0.3) is 6.08 Å². The molecule has 0 saturated carbocycles. The van der Waals surface area contributed by atoms with E-state index < -0.39 is 30.4 Å². The molecule has 0 bridgehead atoms. The number of urea groups is 1. The van der Waals surface area contributed by atoms with Crippen molar-refractivity contribution in [3.05, 3.63) is 86.9 Å². The summed E-state index contributed by atoms with van der Waals surface area (Å²) >= 11 is 18.2. The molecule has 0 radical (unpaired) electrons. The molecule has 9 nitrogen and oxygen atoms in total. The number of hydrogen-bond donors (Lipinski definition) is 2. The van der Waals surface area contributed by atoms with Crippen molar-refractivity contribution in [2.45, 2.75) is 0 Å². The van der Waals surface area contributed by atoms with Gasteiger partial charge in [-0.3, -0.25) is 19.7 Å². The van der Waals surface area contributed by atoms with Gasteiger partial charge in [-0.25, -0.2) is 9.69 Å². The van der Waals surface area contributed by atoms with E-state index >= 15 is 0 Å². The average molecular weight is 575 g/mol. The zero-order valence-electron chi connectivity index (χ0n) is 19.6. The molecule has 0 atom stereocenters. The smallest absolute Gasteiger partial charge is 0.335 e. The molecular formula is C26H18Cl3N3O6. The number of halogens is 3. The van der Waals surface area contributed by atoms with Crippen LogP contribution < -0.4 is 25.0 Å². The van der Waals surface area contributed by atoms with Gasteiger partial charge in [0.25, 0.3) is 17.7 Å². The van der Waals surface area contributed by atoms with E-state index in [0.717, 1.165) is 4.90 Å². The standard InChI is InChI=1S/C26H18Cl3N3O6/c1-37-21-11-14(9-17-24(34)31-26(36)32(25(17)35)16-5-3-2-4-6-16)10-20(29)23(21)38-13-22(33)30-15-7-8-18(27)19(28)12-15/h2-12H,13H2,1H3,(H,30,33)(H,31,34,36)/b17-9-. The topological polar surface area (TPSA) is 114 Å². The molecule has 1 aliphatic heterocycles. The molecule has 4 rings (SSSR count). The van der Waals surface area contributed by atoms with Crippen LogP contribution in [-0.4, -0.2) is 37.5 Å². The van der Waals surface area contributed by atoms with Crippen LogP contribution in [0.5, 0.6) is 11.5 Å². The molecule has 3 aromatic carbocycles. The van der Waals surface area contributed by atoms with Crippen molar-refractivity contribution in [2.75, 3.05) is 23.9 Å². The van der Waals surface area contributed by atoms with Gasteiger partial charge in [-0.15, -0.1) is 0 Å². The summed E-state index contributed by atoms with van der Waals surface area (Å²) in [6.45, 7) is -0.411. The fourth-order valence-corrected chi connectivity index (χ4v) is 4.08. The molecule has 2 N–H and O–H groups in total. The Balaban J connectivity index is 1.54. The Hall–Kier alpha value is -4.05. The summed E-state index contributed by atoms with van der Waals surface area (Å²) in [5.74, 6) is -1.95. The Kier molecular flexibility index (Phi) is 8.21. The highest BCUT2D eigenvalue weighted by atomic mass is 35.5. The van der Waals surface area contributed by atoms with Crippen LogP contribution in [0.15, 0.2) is 66.2 Å². The predicted octanol–water partition coefficient (Wildman–Crippen LogP) is 5.34. The van der Waals surface area contributed by atoms with Crippen LogP contribution in [0.1, 0.15) is 5.56 Å². The number of amides is 5. The van der Waals surface area contributed by atoms with Crippen LogP contribution in [-0.2, 0) is 14.4 Å². The maximum absolute atomic E-state index is 13.1. The summed E-state index contributed by atoms with van der Waals surface area (Å²) in [7, 11) is 1.36. The van der Waals surface area contributed by atoms with Crippen LogP contribution in [0.3, 0.4) is 0 Å². The van der Waals surface area contributed by atoms with Gasteiger partial charge in [0, 0.05) is 5.69 Å². The number of ether oxygens (including phenoxy) is 2. The third-order valence-corrected chi connectivity index (χ3v) is 6.25. The molecule has 1 aliphatic rings. The highest BCUT2D eigenvalue weighted by Gasteiger charge is 2.36. The Morgan fingerprint density at radius 2 is 1.71 bits per heavy atom. The normalized spacial score (nSPS) is 14.4. The molecule has 1 fully saturated rings. The van der Waals surface area contributed by atoms with Crippen LogP contribution in [0.4, 0.5) is 16.2 Å². The average Bonchev–Trinajstić information content (AvgIpc) is 2.88. The molecule has 0 aromatic heterocycles. The van der Waals surface area contributed by atoms with E-state index in [-0.39, 0.29) is 27.1 Å². The van der Waals surface area contributed by atoms with E-state index in [0.29, 0.717) is 22.0 Å². The molecule has 0 unspecified atom stereocenters. The number of barbiturate groups is 1. The number of anilines is 2. The molecule has 38 heavy (non-hydrogen) atoms. The Morgan fingerprint density at radius 1 is 0.974 bits per heavy atom. The predicted molar refractivity (Wildman–Crippen MR) is 144 cm³/mol. The van der Waals surface area contributed by atoms with Crippen molar-refractivity contribution >= 4 is 76.0 Å². The number of carbonyl (C=O) groups excluding carboxylic acids is 4. The third-order valence-electron chi connectivity index (χ3n) is 5.23. The minimum Gasteiger partial charge on any atom is -0.493 e. The molecule has 12 heteroatoms. The van der Waals surface area contributed by atoms with Crippen molar-refractivity contribution in [3.63, 3.8) is 0 Å². The number of para-hydroxylation sites is 1. The number of methoxy groups -OCH3 is 1. The summed E-state index contributed by atoms with van der Waals surface area (Å²) in [5.41, 5.74) is 0.750. The highest BCUT2D eigenvalue weighted by Crippen LogP contribution is 2.37. The maximum atomic E-state index is 13.1. The second kappa shape index (κ2) is 11.6. The van der Waals surface area contributed by atoms with Crippen LogP contribution in [0, 0.1) is 0 Å². The van der Waals surface area contributed by atoms with Gasteiger partial charge < -0.3 is 14.8 Å². The first-order chi connectivity index (χ1) is 18.2. The van der Waals surface area contributed by atoms with Crippen molar-refractivity contribution in [1.82, 2.24) is 5.32 Å². The molecule has 0 spiro atoms. The van der Waals surface area contributed by atoms with E-state index in [1.807, 2.05) is 0 Å². The minimum atomic E-state index is -0.860. The monoisotopic (exact) mass is 573 g/mol. The summed E-state index contributed by atoms with van der Waals surface area (Å²) in [6, 6.07) is 14.8. The number of hydrogen-bond acceptors (Lipinski definition) is 6. The van der Waals surface area contributed by atoms with Gasteiger partial charge in [0.1, 0.15) is 5.57 Å². The second-order valence-corrected chi connectivity index (χ2v) is 9.01. The lowest BCUT2D eigenvalue weighted by Gasteiger charge is -2.26. The zero-order valence-corrected chi connectivity index (χ0v) is 21.9. The van der Waals surface area contributed by atoms with Crippen molar-refractivity contribution < 1.29 is 28.7 Å². The lowest BCUT2D eigenvalue weighted by Crippen LogP contribution is -2.54. The number of rotatable bonds is 7. The number of nitrogens with one attached hydrogen (secondary N) is 2. The molecule has 1 saturated heterocycles. The van der Waals surface area contributed by atoms with E-state index in [9.17, 15) is 19.2 Å². The number of carbonyl (C=O) groups is 4. The summed E-state index contributed by atoms with van der Waals surface area (Å²) < 4.78 is 10.9. The molecule has 194 valence electrons. The maximum Gasteiger partial charge on any atom is 0.335 e. The number of nitrogens with zero attached hydrogens (tertiary/aromatic N) is 1. The SMILES string of the molecule is COc1cc(/C=C2/C(=O)NC(=O)N(c3ccccc3)C2=O)cc(Cl)c1OCC(=O)Nc1ccc(Cl)c(Cl)c1. The van der Waals surface area contributed by atoms with Crippen molar-refractivity contribution in [2.24, 2.45) is 0 Å². The number of imide groups is 2. The van der Waals surface area contributed by atoms with Crippen molar-refractivity contribution in [1.29, 1.82) is 0 Å². The molecule has 5 amide bonds.